The first-order valence-corrected chi connectivity index (χ1v) is 5.51. The van der Waals surface area contributed by atoms with Gasteiger partial charge in [0.15, 0.2) is 16.0 Å². The normalized spacial score (nSPS) is 15.2. The Morgan fingerprint density at radius 3 is 2.46 bits per heavy atom. The van der Waals surface area contributed by atoms with Crippen molar-refractivity contribution < 1.29 is 17.5 Å². The van der Waals surface area contributed by atoms with Crippen LogP contribution in [0.3, 0.4) is 0 Å². The number of nitrogen functional groups attached to an aromatic ring is 1. The van der Waals surface area contributed by atoms with E-state index in [0.717, 1.165) is 0 Å². The molecule has 0 heterocycles. The van der Waals surface area contributed by atoms with Crippen LogP contribution in [0.25, 0.3) is 0 Å². The molecule has 4 N–H and O–H groups in total. The summed E-state index contributed by atoms with van der Waals surface area (Å²) in [6.45, 7) is 0. The first-order valence-electron chi connectivity index (χ1n) is 3.19. The predicted molar refractivity (Wildman–Crippen MR) is 50.2 cm³/mol. The van der Waals surface area contributed by atoms with Gasteiger partial charge in [-0.15, -0.1) is 0 Å². The van der Waals surface area contributed by atoms with Crippen molar-refractivity contribution >= 4 is 27.8 Å². The smallest absolute Gasteiger partial charge is 0.235 e. The molecule has 0 bridgehead atoms. The summed E-state index contributed by atoms with van der Waals surface area (Å²) in [6, 6.07) is 3.75. The van der Waals surface area contributed by atoms with Crippen molar-refractivity contribution in [1.82, 2.24) is 0 Å². The molecular weight excluding hydrogens is 214 g/mol. The topological polar surface area (TPSA) is 101 Å². The van der Waals surface area contributed by atoms with E-state index >= 15 is 0 Å². The Labute approximate surface area is 79.5 Å². The fourth-order valence-corrected chi connectivity index (χ4v) is 1.71. The van der Waals surface area contributed by atoms with Crippen LogP contribution in [0.4, 0.5) is 5.69 Å². The average Bonchev–Trinajstić information content (AvgIpc) is 2.03. The zero-order valence-electron chi connectivity index (χ0n) is 6.38. The third kappa shape index (κ3) is 2.34. The van der Waals surface area contributed by atoms with E-state index in [1.165, 1.54) is 18.2 Å². The van der Waals surface area contributed by atoms with Gasteiger partial charge in [-0.25, -0.2) is 4.21 Å². The van der Waals surface area contributed by atoms with Gasteiger partial charge in [-0.3, -0.25) is 0 Å². The summed E-state index contributed by atoms with van der Waals surface area (Å²) >= 11 is -4.62. The maximum absolute atomic E-state index is 10.6. The summed E-state index contributed by atoms with van der Waals surface area (Å²) in [5.74, 6) is 0. The Hall–Kier alpha value is -0.760. The number of benzene rings is 1. The van der Waals surface area contributed by atoms with Crippen LogP contribution in [0.2, 0.25) is 0 Å². The predicted octanol–water partition coefficient (Wildman–Crippen LogP) is 0.377. The molecule has 0 spiro atoms. The molecule has 0 aromatic heterocycles. The van der Waals surface area contributed by atoms with Crippen LogP contribution in [0.1, 0.15) is 0 Å². The highest BCUT2D eigenvalue weighted by atomic mass is 32.2. The molecule has 72 valence electrons. The summed E-state index contributed by atoms with van der Waals surface area (Å²) in [4.78, 5) is 0.183. The summed E-state index contributed by atoms with van der Waals surface area (Å²) in [7, 11) is 0. The highest BCUT2D eigenvalue weighted by Gasteiger charge is 2.11. The van der Waals surface area contributed by atoms with Crippen LogP contribution in [-0.2, 0) is 26.4 Å². The number of rotatable bonds is 2. The zero-order valence-corrected chi connectivity index (χ0v) is 8.09. The van der Waals surface area contributed by atoms with Crippen LogP contribution in [0, 0.1) is 0 Å². The summed E-state index contributed by atoms with van der Waals surface area (Å²) < 4.78 is 38.6. The molecule has 1 rings (SSSR count). The minimum atomic E-state index is -2.45. The maximum atomic E-state index is 10.6. The van der Waals surface area contributed by atoms with Crippen LogP contribution in [-0.4, -0.2) is 13.3 Å². The van der Waals surface area contributed by atoms with Crippen molar-refractivity contribution in [3.63, 3.8) is 0 Å². The molecular formula is C6H8NO4S2+. The van der Waals surface area contributed by atoms with Crippen molar-refractivity contribution in [2.75, 3.05) is 5.73 Å². The fraction of sp³-hybridized carbons (Fsp3) is 0. The molecule has 0 fully saturated rings. The third-order valence-corrected chi connectivity index (χ3v) is 2.87. The molecule has 0 aliphatic heterocycles. The summed E-state index contributed by atoms with van der Waals surface area (Å²) in [5, 5.41) is 0. The van der Waals surface area contributed by atoms with E-state index in [0.29, 0.717) is 0 Å². The lowest BCUT2D eigenvalue weighted by Gasteiger charge is -1.99. The van der Waals surface area contributed by atoms with Crippen molar-refractivity contribution in [3.8, 4) is 0 Å². The van der Waals surface area contributed by atoms with Crippen molar-refractivity contribution in [2.45, 2.75) is 9.79 Å². The van der Waals surface area contributed by atoms with E-state index in [-0.39, 0.29) is 15.5 Å². The molecule has 0 aliphatic carbocycles. The second-order valence-corrected chi connectivity index (χ2v) is 4.24. The van der Waals surface area contributed by atoms with Crippen molar-refractivity contribution in [3.05, 3.63) is 18.2 Å². The lowest BCUT2D eigenvalue weighted by molar-refractivity contribution is 0.519. The van der Waals surface area contributed by atoms with E-state index in [2.05, 4.69) is 0 Å². The average molecular weight is 222 g/mol. The van der Waals surface area contributed by atoms with Crippen LogP contribution in [0.15, 0.2) is 28.0 Å². The number of hydrogen-bond acceptors (Lipinski definition) is 3. The molecule has 0 radical (unpaired) electrons. The minimum absolute atomic E-state index is 0.0377. The van der Waals surface area contributed by atoms with Gasteiger partial charge in [0.2, 0.25) is 11.1 Å². The van der Waals surface area contributed by atoms with Crippen LogP contribution >= 0.6 is 0 Å². The standard InChI is InChI=1S/C6H7NO4S2/c7-5-3-4(12(8)9)1-2-6(5)13(10)11/h1-3H,7H2,(H,8,9)(H,10,11)/p+1. The van der Waals surface area contributed by atoms with Crippen LogP contribution < -0.4 is 5.73 Å². The Kier molecular flexibility index (Phi) is 3.15. The van der Waals surface area contributed by atoms with E-state index in [1.807, 2.05) is 0 Å². The molecule has 5 nitrogen and oxygen atoms in total. The van der Waals surface area contributed by atoms with Gasteiger partial charge in [0, 0.05) is 6.07 Å². The fourth-order valence-electron chi connectivity index (χ4n) is 0.814. The number of thiol groups is 1. The van der Waals surface area contributed by atoms with Gasteiger partial charge in [-0.2, -0.15) is 4.55 Å². The summed E-state index contributed by atoms with van der Waals surface area (Å²) in [5.41, 5.74) is 5.41. The van der Waals surface area contributed by atoms with Crippen molar-refractivity contribution in [1.29, 1.82) is 0 Å². The van der Waals surface area contributed by atoms with E-state index < -0.39 is 22.2 Å². The number of anilines is 1. The van der Waals surface area contributed by atoms with Gasteiger partial charge in [0.1, 0.15) is 0 Å². The Balaban J connectivity index is 3.20. The molecule has 0 saturated heterocycles. The highest BCUT2D eigenvalue weighted by Crippen LogP contribution is 2.18. The quantitative estimate of drug-likeness (QED) is 0.290. The van der Waals surface area contributed by atoms with E-state index in [4.69, 9.17) is 14.8 Å². The van der Waals surface area contributed by atoms with Gasteiger partial charge < -0.3 is 10.3 Å². The SMILES string of the molecule is Nc1cc([SH+](=O)O)ccc1S(=O)O. The zero-order chi connectivity index (χ0) is 10.0. The second kappa shape index (κ2) is 3.97. The second-order valence-electron chi connectivity index (χ2n) is 2.24. The number of nitrogens with two attached hydrogens (primary N) is 1. The molecule has 1 aromatic rings. The third-order valence-electron chi connectivity index (χ3n) is 1.40. The molecule has 2 atom stereocenters. The van der Waals surface area contributed by atoms with Gasteiger partial charge in [-0.1, -0.05) is 4.21 Å². The van der Waals surface area contributed by atoms with E-state index in [9.17, 15) is 8.42 Å². The molecule has 0 amide bonds. The molecule has 13 heavy (non-hydrogen) atoms. The van der Waals surface area contributed by atoms with Gasteiger partial charge in [-0.05, 0) is 12.1 Å². The first-order chi connectivity index (χ1) is 6.02. The lowest BCUT2D eigenvalue weighted by atomic mass is 10.3. The minimum Gasteiger partial charge on any atom is -0.398 e. The Morgan fingerprint density at radius 2 is 2.08 bits per heavy atom. The van der Waals surface area contributed by atoms with Crippen LogP contribution in [0.5, 0.6) is 0 Å². The first kappa shape index (κ1) is 10.3. The number of hydrogen-bond donors (Lipinski definition) is 3. The largest absolute Gasteiger partial charge is 0.398 e. The molecule has 7 heteroatoms. The van der Waals surface area contributed by atoms with Gasteiger partial charge in [0.05, 0.1) is 10.6 Å². The van der Waals surface area contributed by atoms with E-state index in [1.54, 1.807) is 0 Å². The van der Waals surface area contributed by atoms with Gasteiger partial charge in [0.25, 0.3) is 0 Å². The Bertz CT molecular complexity index is 379. The van der Waals surface area contributed by atoms with Crippen molar-refractivity contribution in [2.24, 2.45) is 0 Å². The molecule has 0 saturated carbocycles. The Morgan fingerprint density at radius 1 is 1.46 bits per heavy atom. The molecule has 0 aliphatic rings. The van der Waals surface area contributed by atoms with Gasteiger partial charge >= 0.3 is 0 Å². The lowest BCUT2D eigenvalue weighted by Crippen LogP contribution is -1.98. The summed E-state index contributed by atoms with van der Waals surface area (Å²) in [6.07, 6.45) is 0. The highest BCUT2D eigenvalue weighted by molar-refractivity contribution is 7.79. The maximum Gasteiger partial charge on any atom is 0.235 e. The molecule has 2 unspecified atom stereocenters. The molecule has 1 aromatic carbocycles. The monoisotopic (exact) mass is 222 g/mol.